The molecule has 0 radical (unpaired) electrons. The third-order valence-corrected chi connectivity index (χ3v) is 3.38. The van der Waals surface area contributed by atoms with Crippen molar-refractivity contribution in [2.24, 2.45) is 5.73 Å². The van der Waals surface area contributed by atoms with Gasteiger partial charge in [0.25, 0.3) is 0 Å². The number of piperidine rings is 1. The monoisotopic (exact) mass is 342 g/mol. The fraction of sp³-hybridized carbons (Fsp3) is 0.429. The molecule has 1 aliphatic heterocycles. The number of halogens is 1. The highest BCUT2D eigenvalue weighted by molar-refractivity contribution is 6.29. The fourth-order valence-corrected chi connectivity index (χ4v) is 1.97. The lowest BCUT2D eigenvalue weighted by Crippen LogP contribution is -2.48. The van der Waals surface area contributed by atoms with E-state index in [0.717, 1.165) is 25.9 Å². The second-order valence-corrected chi connectivity index (χ2v) is 5.72. The summed E-state index contributed by atoms with van der Waals surface area (Å²) in [6.45, 7) is 3.88. The number of carboxylic acid groups (broad SMARTS) is 2. The number of anilines is 1. The molecule has 1 aliphatic rings. The van der Waals surface area contributed by atoms with Crippen molar-refractivity contribution in [2.45, 2.75) is 25.3 Å². The lowest BCUT2D eigenvalue weighted by atomic mass is 9.91. The van der Waals surface area contributed by atoms with Gasteiger partial charge >= 0.3 is 11.9 Å². The van der Waals surface area contributed by atoms with Crippen LogP contribution in [0, 0.1) is 0 Å². The van der Waals surface area contributed by atoms with Gasteiger partial charge in [0.15, 0.2) is 0 Å². The maximum Gasteiger partial charge on any atom is 0.328 e. The van der Waals surface area contributed by atoms with E-state index in [1.54, 1.807) is 12.3 Å². The third-order valence-electron chi connectivity index (χ3n) is 3.17. The summed E-state index contributed by atoms with van der Waals surface area (Å²) >= 11 is 5.82. The minimum atomic E-state index is -1.26. The first-order valence-corrected chi connectivity index (χ1v) is 7.24. The van der Waals surface area contributed by atoms with Gasteiger partial charge in [-0.2, -0.15) is 0 Å². The van der Waals surface area contributed by atoms with Gasteiger partial charge in [-0.05, 0) is 25.8 Å². The summed E-state index contributed by atoms with van der Waals surface area (Å²) in [5.74, 6) is -1.81. The zero-order valence-corrected chi connectivity index (χ0v) is 13.4. The van der Waals surface area contributed by atoms with Crippen molar-refractivity contribution >= 4 is 29.5 Å². The molecule has 0 unspecified atom stereocenters. The minimum absolute atomic E-state index is 0.0466. The van der Waals surface area contributed by atoms with Crippen LogP contribution in [0.25, 0.3) is 0 Å². The van der Waals surface area contributed by atoms with Crippen molar-refractivity contribution in [2.75, 3.05) is 18.0 Å². The van der Waals surface area contributed by atoms with Crippen LogP contribution < -0.4 is 10.6 Å². The maximum atomic E-state index is 9.55. The number of carbonyl (C=O) groups is 2. The predicted molar refractivity (Wildman–Crippen MR) is 85.5 cm³/mol. The van der Waals surface area contributed by atoms with Gasteiger partial charge < -0.3 is 20.8 Å². The lowest BCUT2D eigenvalue weighted by molar-refractivity contribution is -0.134. The zero-order valence-electron chi connectivity index (χ0n) is 12.6. The minimum Gasteiger partial charge on any atom is -0.478 e. The number of nitrogens with two attached hydrogens (primary N) is 1. The van der Waals surface area contributed by atoms with Crippen LogP contribution in [0.15, 0.2) is 24.4 Å². The van der Waals surface area contributed by atoms with E-state index in [0.29, 0.717) is 23.3 Å². The van der Waals surface area contributed by atoms with Crippen molar-refractivity contribution < 1.29 is 19.8 Å². The molecule has 1 saturated heterocycles. The Morgan fingerprint density at radius 3 is 2.26 bits per heavy atom. The molecular formula is C14H19ClN4O4. The lowest BCUT2D eigenvalue weighted by Gasteiger charge is -2.36. The van der Waals surface area contributed by atoms with Crippen LogP contribution in [0.5, 0.6) is 0 Å². The zero-order chi connectivity index (χ0) is 17.5. The molecule has 0 saturated carbocycles. The van der Waals surface area contributed by atoms with Crippen LogP contribution in [0.2, 0.25) is 5.15 Å². The van der Waals surface area contributed by atoms with Crippen molar-refractivity contribution in [1.29, 1.82) is 0 Å². The number of carboxylic acids is 2. The molecule has 4 N–H and O–H groups in total. The number of aromatic nitrogens is 2. The standard InChI is InChI=1S/C10H15ClN4.C4H4O4/c1-10(12)3-6-15(7-4-10)9-13-5-2-8(11)14-9;5-3(6)1-2-4(7)8/h2,5H,3-4,6-7,12H2,1H3;1-2H,(H,5,6)(H,7,8). The van der Waals surface area contributed by atoms with Crippen molar-refractivity contribution in [3.05, 3.63) is 29.6 Å². The summed E-state index contributed by atoms with van der Waals surface area (Å²) in [5.41, 5.74) is 6.01. The normalized spacial score (nSPS) is 16.6. The highest BCUT2D eigenvalue weighted by Crippen LogP contribution is 2.22. The van der Waals surface area contributed by atoms with E-state index < -0.39 is 11.9 Å². The van der Waals surface area contributed by atoms with Crippen molar-refractivity contribution in [3.63, 3.8) is 0 Å². The largest absolute Gasteiger partial charge is 0.478 e. The number of rotatable bonds is 3. The van der Waals surface area contributed by atoms with Gasteiger partial charge in [-0.25, -0.2) is 19.6 Å². The first-order chi connectivity index (χ1) is 10.7. The molecule has 126 valence electrons. The molecule has 8 nitrogen and oxygen atoms in total. The molecule has 0 amide bonds. The number of aliphatic carboxylic acids is 2. The van der Waals surface area contributed by atoms with Crippen LogP contribution in [0.1, 0.15) is 19.8 Å². The molecular weight excluding hydrogens is 324 g/mol. The molecule has 0 aromatic carbocycles. The molecule has 1 fully saturated rings. The topological polar surface area (TPSA) is 130 Å². The van der Waals surface area contributed by atoms with Crippen LogP contribution >= 0.6 is 11.6 Å². The number of hydrogen-bond acceptors (Lipinski definition) is 6. The van der Waals surface area contributed by atoms with E-state index in [-0.39, 0.29) is 5.54 Å². The van der Waals surface area contributed by atoms with Gasteiger partial charge in [-0.1, -0.05) is 11.6 Å². The quantitative estimate of drug-likeness (QED) is 0.551. The van der Waals surface area contributed by atoms with E-state index in [9.17, 15) is 9.59 Å². The molecule has 2 heterocycles. The summed E-state index contributed by atoms with van der Waals surface area (Å²) in [7, 11) is 0. The summed E-state index contributed by atoms with van der Waals surface area (Å²) in [5, 5.41) is 16.1. The maximum absolute atomic E-state index is 9.55. The Hall–Kier alpha value is -2.19. The van der Waals surface area contributed by atoms with E-state index in [2.05, 4.69) is 21.8 Å². The Bertz CT molecular complexity index is 566. The Balaban J connectivity index is 0.000000284. The number of hydrogen-bond donors (Lipinski definition) is 3. The van der Waals surface area contributed by atoms with Gasteiger partial charge in [0.2, 0.25) is 5.95 Å². The number of nitrogens with zero attached hydrogens (tertiary/aromatic N) is 3. The molecule has 0 spiro atoms. The summed E-state index contributed by atoms with van der Waals surface area (Å²) in [6, 6.07) is 1.68. The average molecular weight is 343 g/mol. The second kappa shape index (κ2) is 8.44. The Labute approximate surface area is 138 Å². The highest BCUT2D eigenvalue weighted by Gasteiger charge is 2.26. The molecule has 0 atom stereocenters. The SMILES string of the molecule is CC1(N)CCN(c2nccc(Cl)n2)CC1.O=C(O)C=CC(=O)O. The van der Waals surface area contributed by atoms with Gasteiger partial charge in [0.05, 0.1) is 0 Å². The third kappa shape index (κ3) is 7.57. The van der Waals surface area contributed by atoms with Crippen LogP contribution in [-0.4, -0.2) is 50.7 Å². The van der Waals surface area contributed by atoms with Crippen molar-refractivity contribution in [1.82, 2.24) is 9.97 Å². The molecule has 1 aromatic rings. The molecule has 23 heavy (non-hydrogen) atoms. The smallest absolute Gasteiger partial charge is 0.328 e. The van der Waals surface area contributed by atoms with E-state index in [4.69, 9.17) is 27.5 Å². The Kier molecular flexibility index (Phi) is 6.92. The molecule has 1 aromatic heterocycles. The Morgan fingerprint density at radius 2 is 1.83 bits per heavy atom. The van der Waals surface area contributed by atoms with E-state index in [1.807, 2.05) is 0 Å². The fourth-order valence-electron chi connectivity index (χ4n) is 1.84. The van der Waals surface area contributed by atoms with Crippen LogP contribution in [0.4, 0.5) is 5.95 Å². The van der Waals surface area contributed by atoms with Gasteiger partial charge in [-0.15, -0.1) is 0 Å². The average Bonchev–Trinajstić information content (AvgIpc) is 2.46. The highest BCUT2D eigenvalue weighted by atomic mass is 35.5. The summed E-state index contributed by atoms with van der Waals surface area (Å²) in [6.07, 6.45) is 4.72. The predicted octanol–water partition coefficient (Wildman–Crippen LogP) is 1.16. The van der Waals surface area contributed by atoms with Gasteiger partial charge in [0, 0.05) is 37.0 Å². The van der Waals surface area contributed by atoms with Crippen molar-refractivity contribution in [3.8, 4) is 0 Å². The van der Waals surface area contributed by atoms with Crippen LogP contribution in [-0.2, 0) is 9.59 Å². The summed E-state index contributed by atoms with van der Waals surface area (Å²) < 4.78 is 0. The molecule has 2 rings (SSSR count). The van der Waals surface area contributed by atoms with Crippen LogP contribution in [0.3, 0.4) is 0 Å². The summed E-state index contributed by atoms with van der Waals surface area (Å²) in [4.78, 5) is 29.6. The molecule has 0 aliphatic carbocycles. The first kappa shape index (κ1) is 18.9. The Morgan fingerprint density at radius 1 is 1.30 bits per heavy atom. The van der Waals surface area contributed by atoms with E-state index in [1.165, 1.54) is 0 Å². The van der Waals surface area contributed by atoms with Gasteiger partial charge in [0.1, 0.15) is 5.15 Å². The van der Waals surface area contributed by atoms with Gasteiger partial charge in [-0.3, -0.25) is 0 Å². The van der Waals surface area contributed by atoms with E-state index >= 15 is 0 Å². The second-order valence-electron chi connectivity index (χ2n) is 5.33. The first-order valence-electron chi connectivity index (χ1n) is 6.86. The molecule has 9 heteroatoms. The molecule has 0 bridgehead atoms.